The van der Waals surface area contributed by atoms with E-state index in [0.29, 0.717) is 18.2 Å². The van der Waals surface area contributed by atoms with E-state index in [1.165, 1.54) is 14.0 Å². The molecule has 1 aromatic carbocycles. The van der Waals surface area contributed by atoms with Crippen LogP contribution in [0.3, 0.4) is 0 Å². The number of fused-ring (bicyclic) bond motifs is 1. The molecule has 2 atom stereocenters. The van der Waals surface area contributed by atoms with Crippen LogP contribution in [0, 0.1) is 6.92 Å². The van der Waals surface area contributed by atoms with Crippen molar-refractivity contribution in [2.24, 2.45) is 0 Å². The van der Waals surface area contributed by atoms with Gasteiger partial charge in [-0.05, 0) is 50.2 Å². The summed E-state index contributed by atoms with van der Waals surface area (Å²) >= 11 is 0. The van der Waals surface area contributed by atoms with Crippen LogP contribution in [0.1, 0.15) is 30.4 Å². The second kappa shape index (κ2) is 7.98. The Balaban J connectivity index is 1.80. The van der Waals surface area contributed by atoms with Crippen LogP contribution in [0.15, 0.2) is 24.4 Å². The van der Waals surface area contributed by atoms with Crippen molar-refractivity contribution in [3.63, 3.8) is 0 Å². The van der Waals surface area contributed by atoms with Gasteiger partial charge < -0.3 is 15.0 Å². The summed E-state index contributed by atoms with van der Waals surface area (Å²) in [6, 6.07) is 5.79. The lowest BCUT2D eigenvalue weighted by atomic mass is 9.85. The molecular weight excluding hydrogens is 387 g/mol. The van der Waals surface area contributed by atoms with Crippen LogP contribution in [-0.4, -0.2) is 64.0 Å². The topological polar surface area (TPSA) is 85.2 Å². The number of methoxy groups -OCH3 is 1. The number of piperidine rings is 1. The number of hydrogen-bond acceptors (Lipinski definition) is 6. The molecule has 0 bridgehead atoms. The second-order valence-corrected chi connectivity index (χ2v) is 7.78. The van der Waals surface area contributed by atoms with E-state index >= 15 is 0 Å². The van der Waals surface area contributed by atoms with Crippen LogP contribution >= 0.6 is 0 Å². The molecular formula is C21H25FN6O2. The molecule has 1 aliphatic rings. The zero-order chi connectivity index (χ0) is 21.4. The molecule has 1 saturated heterocycles. The molecule has 9 heteroatoms. The van der Waals surface area contributed by atoms with Crippen molar-refractivity contribution in [3.8, 4) is 11.8 Å². The van der Waals surface area contributed by atoms with E-state index in [1.807, 2.05) is 31.0 Å². The normalized spacial score (nSPS) is 19.8. The first-order valence-corrected chi connectivity index (χ1v) is 9.87. The number of carbonyl (C=O) groups is 1. The Morgan fingerprint density at radius 3 is 2.80 bits per heavy atom. The van der Waals surface area contributed by atoms with Crippen molar-refractivity contribution in [2.45, 2.75) is 32.4 Å². The molecule has 3 aromatic rings. The van der Waals surface area contributed by atoms with Gasteiger partial charge in [-0.15, -0.1) is 0 Å². The number of rotatable bonds is 4. The van der Waals surface area contributed by atoms with E-state index in [9.17, 15) is 9.18 Å². The van der Waals surface area contributed by atoms with Crippen LogP contribution in [0.4, 0.5) is 10.2 Å². The molecule has 4 rings (SSSR count). The average molecular weight is 412 g/mol. The first-order valence-electron chi connectivity index (χ1n) is 9.87. The number of aryl methyl sites for hydroxylation is 1. The standard InChI is InChI=1S/C21H25FN6O2/c1-12-7-14-10-23-28(20-9-19(24-13(2)29)25-21(26-20)30-4)18(14)8-16(12)15-5-6-27(3)11-17(15)22/h7-10,15,17H,5-6,11H2,1-4H3,(H,24,25,26,29)/t15-,17-/m0/s1. The lowest BCUT2D eigenvalue weighted by molar-refractivity contribution is -0.114. The number of halogens is 1. The smallest absolute Gasteiger partial charge is 0.320 e. The summed E-state index contributed by atoms with van der Waals surface area (Å²) in [6.45, 7) is 4.72. The fourth-order valence-electron chi connectivity index (χ4n) is 4.05. The molecule has 30 heavy (non-hydrogen) atoms. The van der Waals surface area contributed by atoms with E-state index in [0.717, 1.165) is 35.0 Å². The third-order valence-corrected chi connectivity index (χ3v) is 5.50. The van der Waals surface area contributed by atoms with Crippen molar-refractivity contribution in [3.05, 3.63) is 35.5 Å². The average Bonchev–Trinajstić information content (AvgIpc) is 3.09. The van der Waals surface area contributed by atoms with Gasteiger partial charge in [0.15, 0.2) is 5.82 Å². The van der Waals surface area contributed by atoms with Gasteiger partial charge in [0.25, 0.3) is 0 Å². The van der Waals surface area contributed by atoms with E-state index in [1.54, 1.807) is 16.9 Å². The SMILES string of the molecule is COc1nc(NC(C)=O)cc(-n2ncc3cc(C)c([C@@H]4CCN(C)C[C@@H]4F)cc32)n1. The number of nitrogens with zero attached hydrogens (tertiary/aromatic N) is 5. The summed E-state index contributed by atoms with van der Waals surface area (Å²) in [6.07, 6.45) is 1.61. The highest BCUT2D eigenvalue weighted by atomic mass is 19.1. The van der Waals surface area contributed by atoms with E-state index in [2.05, 4.69) is 20.4 Å². The molecule has 0 radical (unpaired) electrons. The number of anilines is 1. The maximum Gasteiger partial charge on any atom is 0.320 e. The number of alkyl halides is 1. The van der Waals surface area contributed by atoms with Gasteiger partial charge in [0, 0.05) is 30.8 Å². The summed E-state index contributed by atoms with van der Waals surface area (Å²) in [5.74, 6) is 0.375. The number of likely N-dealkylation sites (tertiary alicyclic amines) is 1. The van der Waals surface area contributed by atoms with Gasteiger partial charge in [-0.2, -0.15) is 15.1 Å². The largest absolute Gasteiger partial charge is 0.467 e. The molecule has 1 fully saturated rings. The van der Waals surface area contributed by atoms with Crippen molar-refractivity contribution in [2.75, 3.05) is 32.6 Å². The van der Waals surface area contributed by atoms with Crippen molar-refractivity contribution >= 4 is 22.6 Å². The Hall–Kier alpha value is -3.07. The molecule has 0 aliphatic carbocycles. The number of carbonyl (C=O) groups excluding carboxylic acids is 1. The molecule has 1 amide bonds. The second-order valence-electron chi connectivity index (χ2n) is 7.78. The number of aromatic nitrogens is 4. The van der Waals surface area contributed by atoms with Crippen molar-refractivity contribution in [1.29, 1.82) is 0 Å². The highest BCUT2D eigenvalue weighted by molar-refractivity contribution is 5.88. The summed E-state index contributed by atoms with van der Waals surface area (Å²) in [7, 11) is 3.41. The lowest BCUT2D eigenvalue weighted by Gasteiger charge is -2.33. The first-order chi connectivity index (χ1) is 14.4. The van der Waals surface area contributed by atoms with Crippen molar-refractivity contribution in [1.82, 2.24) is 24.6 Å². The van der Waals surface area contributed by atoms with E-state index in [-0.39, 0.29) is 17.8 Å². The van der Waals surface area contributed by atoms with Crippen LogP contribution in [-0.2, 0) is 4.79 Å². The van der Waals surface area contributed by atoms with Gasteiger partial charge in [0.1, 0.15) is 12.0 Å². The fraction of sp³-hybridized carbons (Fsp3) is 0.429. The van der Waals surface area contributed by atoms with Crippen LogP contribution in [0.5, 0.6) is 6.01 Å². The third kappa shape index (κ3) is 3.85. The van der Waals surface area contributed by atoms with Gasteiger partial charge in [0.2, 0.25) is 5.91 Å². The summed E-state index contributed by atoms with van der Waals surface area (Å²) in [5, 5.41) is 8.05. The minimum Gasteiger partial charge on any atom is -0.467 e. The number of ether oxygens (including phenoxy) is 1. The van der Waals surface area contributed by atoms with Gasteiger partial charge in [-0.1, -0.05) is 0 Å². The van der Waals surface area contributed by atoms with Crippen molar-refractivity contribution < 1.29 is 13.9 Å². The maximum absolute atomic E-state index is 14.8. The van der Waals surface area contributed by atoms with Crippen LogP contribution < -0.4 is 10.1 Å². The molecule has 8 nitrogen and oxygen atoms in total. The van der Waals surface area contributed by atoms with Gasteiger partial charge in [0.05, 0.1) is 18.8 Å². The van der Waals surface area contributed by atoms with Crippen LogP contribution in [0.25, 0.3) is 16.7 Å². The van der Waals surface area contributed by atoms with Gasteiger partial charge >= 0.3 is 6.01 Å². The van der Waals surface area contributed by atoms with Gasteiger partial charge in [-0.25, -0.2) is 9.07 Å². The third-order valence-electron chi connectivity index (χ3n) is 5.50. The monoisotopic (exact) mass is 412 g/mol. The Bertz CT molecular complexity index is 1100. The molecule has 3 heterocycles. The highest BCUT2D eigenvalue weighted by Gasteiger charge is 2.30. The van der Waals surface area contributed by atoms with Gasteiger partial charge in [-0.3, -0.25) is 4.79 Å². The number of nitrogens with one attached hydrogen (secondary N) is 1. The molecule has 1 aliphatic heterocycles. The minimum atomic E-state index is -0.915. The Morgan fingerprint density at radius 2 is 2.10 bits per heavy atom. The molecule has 2 aromatic heterocycles. The Labute approximate surface area is 174 Å². The highest BCUT2D eigenvalue weighted by Crippen LogP contribution is 2.34. The summed E-state index contributed by atoms with van der Waals surface area (Å²) in [4.78, 5) is 22.0. The fourth-order valence-corrected chi connectivity index (χ4v) is 4.05. The van der Waals surface area contributed by atoms with E-state index < -0.39 is 6.17 Å². The Kier molecular flexibility index (Phi) is 5.38. The predicted molar refractivity (Wildman–Crippen MR) is 112 cm³/mol. The summed E-state index contributed by atoms with van der Waals surface area (Å²) < 4.78 is 21.7. The zero-order valence-electron chi connectivity index (χ0n) is 17.5. The number of amides is 1. The molecule has 0 spiro atoms. The van der Waals surface area contributed by atoms with E-state index in [4.69, 9.17) is 4.74 Å². The first kappa shape index (κ1) is 20.2. The minimum absolute atomic E-state index is 0.117. The number of hydrogen-bond donors (Lipinski definition) is 1. The lowest BCUT2D eigenvalue weighted by Crippen LogP contribution is -2.38. The molecule has 1 N–H and O–H groups in total. The molecule has 0 unspecified atom stereocenters. The number of benzene rings is 1. The molecule has 158 valence electrons. The zero-order valence-corrected chi connectivity index (χ0v) is 17.5. The predicted octanol–water partition coefficient (Wildman–Crippen LogP) is 2.85. The maximum atomic E-state index is 14.8. The molecule has 0 saturated carbocycles. The van der Waals surface area contributed by atoms with Crippen LogP contribution in [0.2, 0.25) is 0 Å². The quantitative estimate of drug-likeness (QED) is 0.709. The Morgan fingerprint density at radius 1 is 1.30 bits per heavy atom. The summed E-state index contributed by atoms with van der Waals surface area (Å²) in [5.41, 5.74) is 2.86.